The van der Waals surface area contributed by atoms with E-state index in [1.165, 1.54) is 5.56 Å². The molecule has 0 spiro atoms. The van der Waals surface area contributed by atoms with E-state index in [4.69, 9.17) is 23.2 Å². The van der Waals surface area contributed by atoms with Crippen LogP contribution in [-0.2, 0) is 0 Å². The van der Waals surface area contributed by atoms with Crippen molar-refractivity contribution in [2.75, 3.05) is 0 Å². The molecule has 0 saturated heterocycles. The number of aryl methyl sites for hydroxylation is 1. The average Bonchev–Trinajstić information content (AvgIpc) is 2.41. The van der Waals surface area contributed by atoms with Gasteiger partial charge in [0.2, 0.25) is 0 Å². The summed E-state index contributed by atoms with van der Waals surface area (Å²) in [5, 5.41) is 1.15. The smallest absolute Gasteiger partial charge is 0.0736 e. The molecule has 0 aliphatic rings. The third kappa shape index (κ3) is 3.59. The summed E-state index contributed by atoms with van der Waals surface area (Å²) in [5.74, 6) is 0. The molecule has 1 nitrogen and oxygen atoms in total. The Morgan fingerprint density at radius 3 is 2.42 bits per heavy atom. The molecule has 0 N–H and O–H groups in total. The molecule has 0 radical (unpaired) electrons. The lowest BCUT2D eigenvalue weighted by atomic mass is 10.1. The lowest BCUT2D eigenvalue weighted by Crippen LogP contribution is -1.93. The first-order chi connectivity index (χ1) is 9.08. The summed E-state index contributed by atoms with van der Waals surface area (Å²) in [6, 6.07) is 13.8. The molecule has 0 saturated carbocycles. The van der Waals surface area contributed by atoms with Gasteiger partial charge >= 0.3 is 0 Å². The quantitative estimate of drug-likeness (QED) is 0.664. The zero-order valence-corrected chi connectivity index (χ0v) is 12.4. The summed E-state index contributed by atoms with van der Waals surface area (Å²) in [4.78, 5) is 4.53. The number of nitrogens with zero attached hydrogens (tertiary/aromatic N) is 1. The topological polar surface area (TPSA) is 12.4 Å². The van der Waals surface area contributed by atoms with Crippen LogP contribution >= 0.6 is 23.2 Å². The molecule has 98 valence electrons. The van der Waals surface area contributed by atoms with Crippen LogP contribution in [-0.4, -0.2) is 6.21 Å². The Labute approximate surface area is 123 Å². The Morgan fingerprint density at radius 1 is 1.05 bits per heavy atom. The fourth-order valence-corrected chi connectivity index (χ4v) is 2.24. The molecular weight excluding hydrogens is 277 g/mol. The van der Waals surface area contributed by atoms with Crippen molar-refractivity contribution in [1.29, 1.82) is 0 Å². The van der Waals surface area contributed by atoms with Crippen LogP contribution in [0.25, 0.3) is 0 Å². The Kier molecular flexibility index (Phi) is 4.62. The Hall–Kier alpha value is -1.31. The highest BCUT2D eigenvalue weighted by molar-refractivity contribution is 6.42. The maximum atomic E-state index is 6.18. The minimum absolute atomic E-state index is 0.0208. The predicted molar refractivity (Wildman–Crippen MR) is 83.7 cm³/mol. The number of hydrogen-bond donors (Lipinski definition) is 0. The Balaban J connectivity index is 2.18. The van der Waals surface area contributed by atoms with Crippen molar-refractivity contribution in [3.8, 4) is 0 Å². The number of benzene rings is 2. The van der Waals surface area contributed by atoms with Gasteiger partial charge in [-0.05, 0) is 31.0 Å². The maximum Gasteiger partial charge on any atom is 0.0736 e. The number of aliphatic imine (C=N–C) groups is 1. The van der Waals surface area contributed by atoms with Crippen LogP contribution in [0.5, 0.6) is 0 Å². The maximum absolute atomic E-state index is 6.18. The SMILES string of the molecule is Cc1ccc(/C=N\C(C)c2cccc(Cl)c2Cl)cc1. The first kappa shape index (κ1) is 14.1. The van der Waals surface area contributed by atoms with E-state index in [2.05, 4.69) is 24.0 Å². The normalized spacial score (nSPS) is 12.8. The van der Waals surface area contributed by atoms with Crippen molar-refractivity contribution in [3.63, 3.8) is 0 Å². The summed E-state index contributed by atoms with van der Waals surface area (Å²) in [5.41, 5.74) is 3.26. The number of hydrogen-bond acceptors (Lipinski definition) is 1. The van der Waals surface area contributed by atoms with Crippen LogP contribution in [0, 0.1) is 6.92 Å². The van der Waals surface area contributed by atoms with Crippen LogP contribution in [0.3, 0.4) is 0 Å². The largest absolute Gasteiger partial charge is 0.285 e. The molecule has 2 rings (SSSR count). The summed E-state index contributed by atoms with van der Waals surface area (Å²) >= 11 is 12.2. The van der Waals surface area contributed by atoms with Crippen LogP contribution in [0.4, 0.5) is 0 Å². The van der Waals surface area contributed by atoms with Gasteiger partial charge in [-0.25, -0.2) is 0 Å². The van der Waals surface area contributed by atoms with Gasteiger partial charge in [0.15, 0.2) is 0 Å². The lowest BCUT2D eigenvalue weighted by Gasteiger charge is -2.09. The van der Waals surface area contributed by atoms with Crippen LogP contribution in [0.1, 0.15) is 29.7 Å². The van der Waals surface area contributed by atoms with Crippen molar-refractivity contribution < 1.29 is 0 Å². The molecule has 1 unspecified atom stereocenters. The summed E-state index contributed by atoms with van der Waals surface area (Å²) in [6.45, 7) is 4.07. The van der Waals surface area contributed by atoms with Gasteiger partial charge in [0.1, 0.15) is 0 Å². The van der Waals surface area contributed by atoms with E-state index in [9.17, 15) is 0 Å². The van der Waals surface area contributed by atoms with Crippen LogP contribution in [0.15, 0.2) is 47.5 Å². The zero-order chi connectivity index (χ0) is 13.8. The van der Waals surface area contributed by atoms with E-state index < -0.39 is 0 Å². The molecule has 2 aromatic rings. The monoisotopic (exact) mass is 291 g/mol. The van der Waals surface area contributed by atoms with Gasteiger partial charge in [-0.1, -0.05) is 65.2 Å². The van der Waals surface area contributed by atoms with E-state index in [-0.39, 0.29) is 6.04 Å². The van der Waals surface area contributed by atoms with Gasteiger partial charge in [0.25, 0.3) is 0 Å². The molecule has 1 atom stereocenters. The molecule has 3 heteroatoms. The minimum Gasteiger partial charge on any atom is -0.285 e. The van der Waals surface area contributed by atoms with Gasteiger partial charge in [0.05, 0.1) is 16.1 Å². The highest BCUT2D eigenvalue weighted by atomic mass is 35.5. The molecule has 0 aliphatic heterocycles. The second-order valence-corrected chi connectivity index (χ2v) is 5.29. The molecular formula is C16H15Cl2N. The molecule has 0 aliphatic carbocycles. The molecule has 2 aromatic carbocycles. The molecule has 19 heavy (non-hydrogen) atoms. The second-order valence-electron chi connectivity index (χ2n) is 4.51. The summed E-state index contributed by atoms with van der Waals surface area (Å²) in [7, 11) is 0. The highest BCUT2D eigenvalue weighted by Crippen LogP contribution is 2.31. The van der Waals surface area contributed by atoms with Crippen molar-refractivity contribution >= 4 is 29.4 Å². The highest BCUT2D eigenvalue weighted by Gasteiger charge is 2.09. The molecule has 0 amide bonds. The van der Waals surface area contributed by atoms with E-state index >= 15 is 0 Å². The van der Waals surface area contributed by atoms with Crippen molar-refractivity contribution in [3.05, 3.63) is 69.2 Å². The number of halogens is 2. The number of rotatable bonds is 3. The van der Waals surface area contributed by atoms with Gasteiger partial charge < -0.3 is 0 Å². The zero-order valence-electron chi connectivity index (χ0n) is 10.9. The van der Waals surface area contributed by atoms with E-state index in [1.54, 1.807) is 6.07 Å². The molecule has 0 aromatic heterocycles. The molecule has 0 heterocycles. The van der Waals surface area contributed by atoms with Crippen molar-refractivity contribution in [2.24, 2.45) is 4.99 Å². The van der Waals surface area contributed by atoms with Crippen LogP contribution in [0.2, 0.25) is 10.0 Å². The lowest BCUT2D eigenvalue weighted by molar-refractivity contribution is 0.825. The summed E-state index contributed by atoms with van der Waals surface area (Å²) in [6.07, 6.45) is 1.86. The van der Waals surface area contributed by atoms with Gasteiger partial charge in [-0.3, -0.25) is 4.99 Å². The Morgan fingerprint density at radius 2 is 1.74 bits per heavy atom. The van der Waals surface area contributed by atoms with Gasteiger partial charge in [-0.15, -0.1) is 0 Å². The molecule has 0 bridgehead atoms. The Bertz CT molecular complexity index is 588. The first-order valence-corrected chi connectivity index (χ1v) is 6.87. The minimum atomic E-state index is -0.0208. The van der Waals surface area contributed by atoms with E-state index in [0.29, 0.717) is 10.0 Å². The van der Waals surface area contributed by atoms with E-state index in [0.717, 1.165) is 11.1 Å². The third-order valence-electron chi connectivity index (χ3n) is 2.96. The third-order valence-corrected chi connectivity index (χ3v) is 3.79. The van der Waals surface area contributed by atoms with Crippen molar-refractivity contribution in [2.45, 2.75) is 19.9 Å². The first-order valence-electron chi connectivity index (χ1n) is 6.11. The van der Waals surface area contributed by atoms with E-state index in [1.807, 2.05) is 37.4 Å². The predicted octanol–water partition coefficient (Wildman–Crippen LogP) is 5.48. The standard InChI is InChI=1S/C16H15Cl2N/c1-11-6-8-13(9-7-11)10-19-12(2)14-4-3-5-15(17)16(14)18/h3-10,12H,1-2H3/b19-10-. The fourth-order valence-electron chi connectivity index (χ4n) is 1.77. The van der Waals surface area contributed by atoms with Gasteiger partial charge in [0, 0.05) is 6.21 Å². The average molecular weight is 292 g/mol. The van der Waals surface area contributed by atoms with Gasteiger partial charge in [-0.2, -0.15) is 0 Å². The molecule has 0 fully saturated rings. The fraction of sp³-hybridized carbons (Fsp3) is 0.188. The second kappa shape index (κ2) is 6.23. The summed E-state index contributed by atoms with van der Waals surface area (Å²) < 4.78 is 0. The van der Waals surface area contributed by atoms with Crippen LogP contribution < -0.4 is 0 Å². The van der Waals surface area contributed by atoms with Crippen molar-refractivity contribution in [1.82, 2.24) is 0 Å².